The van der Waals surface area contributed by atoms with E-state index >= 15 is 0 Å². The van der Waals surface area contributed by atoms with Gasteiger partial charge in [-0.1, -0.05) is 13.0 Å². The monoisotopic (exact) mass is 358 g/mol. The van der Waals surface area contributed by atoms with Crippen molar-refractivity contribution in [1.29, 1.82) is 0 Å². The Morgan fingerprint density at radius 2 is 1.84 bits per heavy atom. The van der Waals surface area contributed by atoms with Gasteiger partial charge in [0.1, 0.15) is 0 Å². The first kappa shape index (κ1) is 17.5. The zero-order valence-electron chi connectivity index (χ0n) is 16.0. The average Bonchev–Trinajstić information content (AvgIpc) is 3.12. The second kappa shape index (κ2) is 5.78. The molecule has 6 heteroatoms. The van der Waals surface area contributed by atoms with Crippen LogP contribution in [0, 0.1) is 5.92 Å². The van der Waals surface area contributed by atoms with Crippen molar-refractivity contribution in [2.24, 2.45) is 5.92 Å². The number of nitrogens with zero attached hydrogens (tertiary/aromatic N) is 2. The number of likely N-dealkylation sites (N-methyl/N-ethyl adjacent to an activating group) is 1. The lowest BCUT2D eigenvalue weighted by molar-refractivity contribution is 0.00578. The SMILES string of the molecule is C[C@@H]1CN(C)C[C@H]1c1nc2cc(B3OC(C)(C)C(C)(C)O3)ccc2s1. The molecule has 134 valence electrons. The molecule has 0 saturated carbocycles. The molecule has 2 atom stereocenters. The quantitative estimate of drug-likeness (QED) is 0.772. The molecule has 3 heterocycles. The first-order valence-corrected chi connectivity index (χ1v) is 9.92. The smallest absolute Gasteiger partial charge is 0.399 e. The van der Waals surface area contributed by atoms with Crippen LogP contribution in [0.3, 0.4) is 0 Å². The Morgan fingerprint density at radius 1 is 1.16 bits per heavy atom. The lowest BCUT2D eigenvalue weighted by atomic mass is 9.79. The summed E-state index contributed by atoms with van der Waals surface area (Å²) in [4.78, 5) is 7.37. The minimum atomic E-state index is -0.323. The lowest BCUT2D eigenvalue weighted by Crippen LogP contribution is -2.41. The van der Waals surface area contributed by atoms with Gasteiger partial charge in [-0.3, -0.25) is 0 Å². The van der Waals surface area contributed by atoms with Crippen LogP contribution in [0.4, 0.5) is 0 Å². The molecule has 0 amide bonds. The van der Waals surface area contributed by atoms with Crippen molar-refractivity contribution in [2.75, 3.05) is 20.1 Å². The number of aromatic nitrogens is 1. The van der Waals surface area contributed by atoms with Gasteiger partial charge in [-0.2, -0.15) is 0 Å². The van der Waals surface area contributed by atoms with E-state index < -0.39 is 0 Å². The first-order valence-electron chi connectivity index (χ1n) is 9.11. The van der Waals surface area contributed by atoms with Crippen molar-refractivity contribution < 1.29 is 9.31 Å². The van der Waals surface area contributed by atoms with Crippen LogP contribution in [0.15, 0.2) is 18.2 Å². The topological polar surface area (TPSA) is 34.6 Å². The van der Waals surface area contributed by atoms with Gasteiger partial charge in [-0.15, -0.1) is 11.3 Å². The highest BCUT2D eigenvalue weighted by molar-refractivity contribution is 7.18. The van der Waals surface area contributed by atoms with E-state index in [1.807, 2.05) is 11.3 Å². The Balaban J connectivity index is 1.63. The fourth-order valence-electron chi connectivity index (χ4n) is 3.78. The molecule has 0 bridgehead atoms. The van der Waals surface area contributed by atoms with Crippen LogP contribution < -0.4 is 5.46 Å². The third-order valence-electron chi connectivity index (χ3n) is 6.07. The summed E-state index contributed by atoms with van der Waals surface area (Å²) >= 11 is 1.83. The zero-order chi connectivity index (χ0) is 18.0. The zero-order valence-corrected chi connectivity index (χ0v) is 16.8. The Labute approximate surface area is 154 Å². The predicted octanol–water partition coefficient (Wildman–Crippen LogP) is 3.26. The van der Waals surface area contributed by atoms with E-state index in [-0.39, 0.29) is 18.3 Å². The molecule has 2 aromatic rings. The number of thiazole rings is 1. The largest absolute Gasteiger partial charge is 0.494 e. The second-order valence-electron chi connectivity index (χ2n) is 8.67. The molecule has 2 fully saturated rings. The van der Waals surface area contributed by atoms with E-state index in [2.05, 4.69) is 64.8 Å². The molecule has 0 spiro atoms. The molecule has 4 rings (SSSR count). The highest BCUT2D eigenvalue weighted by Crippen LogP contribution is 2.38. The van der Waals surface area contributed by atoms with Crippen LogP contribution in [0.25, 0.3) is 10.2 Å². The average molecular weight is 358 g/mol. The summed E-state index contributed by atoms with van der Waals surface area (Å²) in [6.07, 6.45) is 0. The van der Waals surface area contributed by atoms with Crippen LogP contribution in [0.2, 0.25) is 0 Å². The van der Waals surface area contributed by atoms with Crippen molar-refractivity contribution in [3.63, 3.8) is 0 Å². The Hall–Kier alpha value is -0.945. The summed E-state index contributed by atoms with van der Waals surface area (Å²) in [7, 11) is 1.87. The summed E-state index contributed by atoms with van der Waals surface area (Å²) < 4.78 is 13.6. The molecule has 2 aliphatic heterocycles. The van der Waals surface area contributed by atoms with Crippen LogP contribution in [0.5, 0.6) is 0 Å². The highest BCUT2D eigenvalue weighted by atomic mass is 32.1. The van der Waals surface area contributed by atoms with Crippen molar-refractivity contribution >= 4 is 34.1 Å². The number of rotatable bonds is 2. The predicted molar refractivity (Wildman–Crippen MR) is 105 cm³/mol. The third kappa shape index (κ3) is 2.93. The molecule has 1 aromatic carbocycles. The molecular formula is C19H27BN2O2S. The number of hydrogen-bond donors (Lipinski definition) is 0. The summed E-state index contributed by atoms with van der Waals surface area (Å²) in [6.45, 7) is 12.9. The van der Waals surface area contributed by atoms with E-state index in [9.17, 15) is 0 Å². The second-order valence-corrected chi connectivity index (χ2v) is 9.73. The molecular weight excluding hydrogens is 331 g/mol. The lowest BCUT2D eigenvalue weighted by Gasteiger charge is -2.32. The molecule has 4 nitrogen and oxygen atoms in total. The molecule has 0 aliphatic carbocycles. The van der Waals surface area contributed by atoms with Gasteiger partial charge in [0, 0.05) is 19.0 Å². The van der Waals surface area contributed by atoms with Gasteiger partial charge in [0.25, 0.3) is 0 Å². The van der Waals surface area contributed by atoms with Crippen LogP contribution in [-0.2, 0) is 9.31 Å². The Morgan fingerprint density at radius 3 is 2.44 bits per heavy atom. The number of hydrogen-bond acceptors (Lipinski definition) is 5. The van der Waals surface area contributed by atoms with Gasteiger partial charge in [-0.25, -0.2) is 4.98 Å². The van der Waals surface area contributed by atoms with E-state index in [0.29, 0.717) is 11.8 Å². The summed E-state index contributed by atoms with van der Waals surface area (Å²) in [6, 6.07) is 6.43. The molecule has 0 N–H and O–H groups in total. The summed E-state index contributed by atoms with van der Waals surface area (Å²) in [5.74, 6) is 1.20. The minimum Gasteiger partial charge on any atom is -0.399 e. The maximum absolute atomic E-state index is 6.18. The minimum absolute atomic E-state index is 0.316. The third-order valence-corrected chi connectivity index (χ3v) is 7.23. The van der Waals surface area contributed by atoms with E-state index in [4.69, 9.17) is 14.3 Å². The van der Waals surface area contributed by atoms with Gasteiger partial charge < -0.3 is 14.2 Å². The molecule has 0 unspecified atom stereocenters. The van der Waals surface area contributed by atoms with Crippen LogP contribution in [-0.4, -0.2) is 48.3 Å². The number of fused-ring (bicyclic) bond motifs is 1. The van der Waals surface area contributed by atoms with Gasteiger partial charge in [0.15, 0.2) is 0 Å². The maximum atomic E-state index is 6.18. The Bertz CT molecular complexity index is 788. The van der Waals surface area contributed by atoms with Crippen molar-refractivity contribution in [1.82, 2.24) is 9.88 Å². The van der Waals surface area contributed by atoms with Gasteiger partial charge >= 0.3 is 7.12 Å². The standard InChI is InChI=1S/C19H27BN2O2S/c1-12-10-22(6)11-14(12)17-21-15-9-13(7-8-16(15)25-17)20-23-18(2,3)19(4,5)24-20/h7-9,12,14H,10-11H2,1-6H3/t12-,14-/m1/s1. The van der Waals surface area contributed by atoms with E-state index in [1.165, 1.54) is 9.71 Å². The first-order chi connectivity index (χ1) is 11.7. The molecule has 1 aromatic heterocycles. The molecule has 2 aliphatic rings. The van der Waals surface area contributed by atoms with Gasteiger partial charge in [-0.05, 0) is 58.3 Å². The van der Waals surface area contributed by atoms with E-state index in [0.717, 1.165) is 24.1 Å². The normalized spacial score (nSPS) is 29.0. The highest BCUT2D eigenvalue weighted by Gasteiger charge is 2.51. The fourth-order valence-corrected chi connectivity index (χ4v) is 4.95. The van der Waals surface area contributed by atoms with Crippen molar-refractivity contribution in [3.8, 4) is 0 Å². The summed E-state index contributed by atoms with van der Waals surface area (Å²) in [5.41, 5.74) is 1.49. The van der Waals surface area contributed by atoms with Gasteiger partial charge in [0.2, 0.25) is 0 Å². The molecule has 0 radical (unpaired) electrons. The summed E-state index contributed by atoms with van der Waals surface area (Å²) in [5, 5.41) is 1.26. The number of benzene rings is 1. The van der Waals surface area contributed by atoms with Crippen LogP contribution >= 0.6 is 11.3 Å². The Kier molecular flexibility index (Phi) is 4.04. The fraction of sp³-hybridized carbons (Fsp3) is 0.632. The molecule has 25 heavy (non-hydrogen) atoms. The van der Waals surface area contributed by atoms with E-state index in [1.54, 1.807) is 0 Å². The maximum Gasteiger partial charge on any atom is 0.494 e. The van der Waals surface area contributed by atoms with Crippen molar-refractivity contribution in [3.05, 3.63) is 23.2 Å². The molecule has 2 saturated heterocycles. The van der Waals surface area contributed by atoms with Crippen molar-refractivity contribution in [2.45, 2.75) is 51.7 Å². The van der Waals surface area contributed by atoms with Gasteiger partial charge in [0.05, 0.1) is 26.4 Å². The number of likely N-dealkylation sites (tertiary alicyclic amines) is 1. The van der Waals surface area contributed by atoms with Crippen LogP contribution in [0.1, 0.15) is 45.5 Å².